The van der Waals surface area contributed by atoms with Crippen molar-refractivity contribution in [3.63, 3.8) is 0 Å². The average molecular weight is 361 g/mol. The Morgan fingerprint density at radius 1 is 1.00 bits per heavy atom. The molecule has 0 aliphatic heterocycles. The van der Waals surface area contributed by atoms with E-state index in [-0.39, 0.29) is 5.91 Å². The van der Waals surface area contributed by atoms with E-state index in [9.17, 15) is 4.79 Å². The van der Waals surface area contributed by atoms with Gasteiger partial charge in [0.15, 0.2) is 11.5 Å². The summed E-state index contributed by atoms with van der Waals surface area (Å²) in [5, 5.41) is 11.1. The molecular weight excluding hydrogens is 338 g/mol. The monoisotopic (exact) mass is 361 g/mol. The van der Waals surface area contributed by atoms with Gasteiger partial charge < -0.3 is 10.2 Å². The highest BCUT2D eigenvalue weighted by Crippen LogP contribution is 2.15. The molecule has 6 heteroatoms. The number of carbonyl (C=O) groups excluding carboxylic acids is 1. The molecule has 6 nitrogen and oxygen atoms in total. The lowest BCUT2D eigenvalue weighted by Gasteiger charge is -2.17. The van der Waals surface area contributed by atoms with Crippen LogP contribution in [0.4, 0.5) is 11.5 Å². The molecule has 0 unspecified atom stereocenters. The Kier molecular flexibility index (Phi) is 5.76. The molecule has 0 bridgehead atoms. The first-order valence-corrected chi connectivity index (χ1v) is 8.85. The Morgan fingerprint density at radius 3 is 2.33 bits per heavy atom. The standard InChI is InChI=1S/C21H23N5O/c1-15-12-16(2)14-18(13-15)23-21(27)19-4-5-20(25-24-19)26(3)11-8-17-6-9-22-10-7-17/h4-7,9-10,12-14H,8,11H2,1-3H3,(H,23,27). The molecule has 1 amide bonds. The minimum atomic E-state index is -0.265. The van der Waals surface area contributed by atoms with Gasteiger partial charge in [0.05, 0.1) is 0 Å². The maximum absolute atomic E-state index is 12.4. The Hall–Kier alpha value is -3.28. The maximum atomic E-state index is 12.4. The van der Waals surface area contributed by atoms with Crippen LogP contribution in [0, 0.1) is 13.8 Å². The Bertz CT molecular complexity index is 889. The lowest BCUT2D eigenvalue weighted by molar-refractivity contribution is 0.102. The van der Waals surface area contributed by atoms with Crippen molar-refractivity contribution in [3.8, 4) is 0 Å². The highest BCUT2D eigenvalue weighted by atomic mass is 16.1. The number of hydrogen-bond acceptors (Lipinski definition) is 5. The third-order valence-corrected chi connectivity index (χ3v) is 4.24. The number of aryl methyl sites for hydroxylation is 2. The summed E-state index contributed by atoms with van der Waals surface area (Å²) in [6.45, 7) is 4.80. The minimum Gasteiger partial charge on any atom is -0.358 e. The van der Waals surface area contributed by atoms with Gasteiger partial charge in [-0.05, 0) is 73.4 Å². The first-order valence-electron chi connectivity index (χ1n) is 8.85. The van der Waals surface area contributed by atoms with Crippen molar-refractivity contribution >= 4 is 17.4 Å². The fourth-order valence-corrected chi connectivity index (χ4v) is 2.85. The summed E-state index contributed by atoms with van der Waals surface area (Å²) in [5.41, 5.74) is 4.47. The van der Waals surface area contributed by atoms with Crippen LogP contribution in [0.3, 0.4) is 0 Å². The second-order valence-corrected chi connectivity index (χ2v) is 6.63. The second-order valence-electron chi connectivity index (χ2n) is 6.63. The fourth-order valence-electron chi connectivity index (χ4n) is 2.85. The zero-order valence-electron chi connectivity index (χ0n) is 15.8. The van der Waals surface area contributed by atoms with Gasteiger partial charge in [0.2, 0.25) is 0 Å². The third-order valence-electron chi connectivity index (χ3n) is 4.24. The predicted molar refractivity (Wildman–Crippen MR) is 107 cm³/mol. The number of nitrogens with one attached hydrogen (secondary N) is 1. The zero-order chi connectivity index (χ0) is 19.2. The first-order chi connectivity index (χ1) is 13.0. The van der Waals surface area contributed by atoms with E-state index in [0.29, 0.717) is 5.69 Å². The van der Waals surface area contributed by atoms with Gasteiger partial charge in [-0.2, -0.15) is 0 Å². The quantitative estimate of drug-likeness (QED) is 0.728. The lowest BCUT2D eigenvalue weighted by atomic mass is 10.1. The highest BCUT2D eigenvalue weighted by molar-refractivity contribution is 6.02. The van der Waals surface area contributed by atoms with E-state index in [0.717, 1.165) is 35.6 Å². The van der Waals surface area contributed by atoms with Crippen LogP contribution in [0.1, 0.15) is 27.2 Å². The number of anilines is 2. The number of likely N-dealkylation sites (N-methyl/N-ethyl adjacent to an activating group) is 1. The molecule has 0 saturated heterocycles. The SMILES string of the molecule is Cc1cc(C)cc(NC(=O)c2ccc(N(C)CCc3ccncc3)nn2)c1. The molecule has 138 valence electrons. The number of carbonyl (C=O) groups is 1. The van der Waals surface area contributed by atoms with E-state index in [4.69, 9.17) is 0 Å². The Morgan fingerprint density at radius 2 is 1.70 bits per heavy atom. The molecule has 0 fully saturated rings. The number of aromatic nitrogens is 3. The number of nitrogens with zero attached hydrogens (tertiary/aromatic N) is 4. The van der Waals surface area contributed by atoms with E-state index in [1.807, 2.05) is 56.1 Å². The number of amides is 1. The summed E-state index contributed by atoms with van der Waals surface area (Å²) in [4.78, 5) is 18.4. The molecule has 0 spiro atoms. The molecule has 0 atom stereocenters. The smallest absolute Gasteiger partial charge is 0.276 e. The van der Waals surface area contributed by atoms with E-state index in [1.165, 1.54) is 5.56 Å². The molecule has 2 aromatic heterocycles. The largest absolute Gasteiger partial charge is 0.358 e. The van der Waals surface area contributed by atoms with Crippen LogP contribution < -0.4 is 10.2 Å². The normalized spacial score (nSPS) is 10.5. The van der Waals surface area contributed by atoms with Gasteiger partial charge in [-0.25, -0.2) is 0 Å². The average Bonchev–Trinajstić information content (AvgIpc) is 2.66. The van der Waals surface area contributed by atoms with Crippen LogP contribution in [-0.4, -0.2) is 34.7 Å². The molecule has 0 aliphatic rings. The molecule has 0 radical (unpaired) electrons. The number of pyridine rings is 1. The van der Waals surface area contributed by atoms with E-state index in [2.05, 4.69) is 26.6 Å². The number of rotatable bonds is 6. The van der Waals surface area contributed by atoms with Gasteiger partial charge in [-0.3, -0.25) is 9.78 Å². The molecule has 1 aromatic carbocycles. The molecule has 0 saturated carbocycles. The predicted octanol–water partition coefficient (Wildman–Crippen LogP) is 3.42. The highest BCUT2D eigenvalue weighted by Gasteiger charge is 2.11. The van der Waals surface area contributed by atoms with E-state index >= 15 is 0 Å². The molecule has 3 aromatic rings. The van der Waals surface area contributed by atoms with Crippen LogP contribution in [0.25, 0.3) is 0 Å². The third kappa shape index (κ3) is 5.10. The maximum Gasteiger partial charge on any atom is 0.276 e. The minimum absolute atomic E-state index is 0.265. The van der Waals surface area contributed by atoms with Gasteiger partial charge in [-0.1, -0.05) is 6.07 Å². The van der Waals surface area contributed by atoms with Crippen LogP contribution >= 0.6 is 0 Å². The molecule has 3 rings (SSSR count). The van der Waals surface area contributed by atoms with Crippen molar-refractivity contribution in [1.29, 1.82) is 0 Å². The fraction of sp³-hybridized carbons (Fsp3) is 0.238. The summed E-state index contributed by atoms with van der Waals surface area (Å²) in [6, 6.07) is 13.4. The summed E-state index contributed by atoms with van der Waals surface area (Å²) >= 11 is 0. The van der Waals surface area contributed by atoms with Crippen molar-refractivity contribution in [3.05, 3.63) is 77.2 Å². The van der Waals surface area contributed by atoms with Crippen LogP contribution in [0.15, 0.2) is 54.9 Å². The zero-order valence-corrected chi connectivity index (χ0v) is 15.8. The van der Waals surface area contributed by atoms with Gasteiger partial charge in [0.25, 0.3) is 5.91 Å². The van der Waals surface area contributed by atoms with Crippen molar-refractivity contribution < 1.29 is 4.79 Å². The summed E-state index contributed by atoms with van der Waals surface area (Å²) < 4.78 is 0. The summed E-state index contributed by atoms with van der Waals surface area (Å²) in [7, 11) is 1.96. The van der Waals surface area contributed by atoms with Crippen molar-refractivity contribution in [2.75, 3.05) is 23.8 Å². The first kappa shape index (κ1) is 18.5. The van der Waals surface area contributed by atoms with E-state index < -0.39 is 0 Å². The number of hydrogen-bond donors (Lipinski definition) is 1. The van der Waals surface area contributed by atoms with E-state index in [1.54, 1.807) is 18.5 Å². The van der Waals surface area contributed by atoms with Gasteiger partial charge in [0.1, 0.15) is 0 Å². The topological polar surface area (TPSA) is 71.0 Å². The second kappa shape index (κ2) is 8.40. The van der Waals surface area contributed by atoms with Gasteiger partial charge in [0, 0.05) is 31.7 Å². The van der Waals surface area contributed by atoms with Crippen molar-refractivity contribution in [2.45, 2.75) is 20.3 Å². The summed E-state index contributed by atoms with van der Waals surface area (Å²) in [5.74, 6) is 0.463. The summed E-state index contributed by atoms with van der Waals surface area (Å²) in [6.07, 6.45) is 4.46. The molecule has 2 heterocycles. The van der Waals surface area contributed by atoms with Gasteiger partial charge >= 0.3 is 0 Å². The van der Waals surface area contributed by atoms with Crippen molar-refractivity contribution in [2.24, 2.45) is 0 Å². The molecule has 1 N–H and O–H groups in total. The van der Waals surface area contributed by atoms with Crippen LogP contribution in [0.5, 0.6) is 0 Å². The molecular formula is C21H23N5O. The van der Waals surface area contributed by atoms with Gasteiger partial charge in [-0.15, -0.1) is 10.2 Å². The van der Waals surface area contributed by atoms with Crippen LogP contribution in [0.2, 0.25) is 0 Å². The lowest BCUT2D eigenvalue weighted by Crippen LogP contribution is -2.22. The Labute approximate surface area is 159 Å². The Balaban J connectivity index is 1.61. The number of benzene rings is 1. The molecule has 27 heavy (non-hydrogen) atoms. The van der Waals surface area contributed by atoms with Crippen LogP contribution in [-0.2, 0) is 6.42 Å². The molecule has 0 aliphatic carbocycles. The van der Waals surface area contributed by atoms with Crippen molar-refractivity contribution in [1.82, 2.24) is 15.2 Å².